The van der Waals surface area contributed by atoms with E-state index in [1.807, 2.05) is 0 Å². The molecule has 0 aromatic carbocycles. The summed E-state index contributed by atoms with van der Waals surface area (Å²) in [6.07, 6.45) is 3.13. The summed E-state index contributed by atoms with van der Waals surface area (Å²) in [4.78, 5) is 22.9. The summed E-state index contributed by atoms with van der Waals surface area (Å²) in [5.41, 5.74) is 6.82. The Morgan fingerprint density at radius 3 is 2.36 bits per heavy atom. The van der Waals surface area contributed by atoms with Crippen molar-refractivity contribution in [3.63, 3.8) is 0 Å². The van der Waals surface area contributed by atoms with Gasteiger partial charge in [-0.25, -0.2) is 9.97 Å². The molecule has 156 valence electrons. The van der Waals surface area contributed by atoms with Crippen LogP contribution in [0.3, 0.4) is 0 Å². The van der Waals surface area contributed by atoms with Crippen molar-refractivity contribution in [2.24, 2.45) is 5.92 Å². The van der Waals surface area contributed by atoms with Crippen LogP contribution >= 0.6 is 0 Å². The Bertz CT molecular complexity index is 808. The fraction of sp³-hybridized carbons (Fsp3) is 0.722. The molecule has 0 radical (unpaired) electrons. The second-order valence-corrected chi connectivity index (χ2v) is 9.79. The van der Waals surface area contributed by atoms with Crippen molar-refractivity contribution in [2.75, 3.05) is 45.0 Å². The van der Waals surface area contributed by atoms with Crippen LogP contribution in [0.4, 0.5) is 5.95 Å². The van der Waals surface area contributed by atoms with Crippen LogP contribution in [0.2, 0.25) is 0 Å². The van der Waals surface area contributed by atoms with Gasteiger partial charge in [-0.1, -0.05) is 13.8 Å². The summed E-state index contributed by atoms with van der Waals surface area (Å²) in [6, 6.07) is 1.70. The summed E-state index contributed by atoms with van der Waals surface area (Å²) in [5.74, 6) is 0.258. The second-order valence-electron chi connectivity index (χ2n) is 7.86. The molecule has 9 nitrogen and oxygen atoms in total. The summed E-state index contributed by atoms with van der Waals surface area (Å²) < 4.78 is 28.6. The molecule has 2 saturated heterocycles. The zero-order chi connectivity index (χ0) is 20.3. The van der Waals surface area contributed by atoms with E-state index in [2.05, 4.69) is 23.8 Å². The topological polar surface area (TPSA) is 113 Å². The van der Waals surface area contributed by atoms with E-state index in [-0.39, 0.29) is 17.5 Å². The molecule has 2 aliphatic rings. The molecule has 0 unspecified atom stereocenters. The van der Waals surface area contributed by atoms with Crippen LogP contribution < -0.4 is 5.73 Å². The number of aromatic nitrogens is 2. The minimum Gasteiger partial charge on any atom is -0.368 e. The first-order chi connectivity index (χ1) is 13.3. The Hall–Kier alpha value is -1.78. The lowest BCUT2D eigenvalue weighted by molar-refractivity contribution is 0.0758. The lowest BCUT2D eigenvalue weighted by atomic mass is 10.1. The van der Waals surface area contributed by atoms with Gasteiger partial charge < -0.3 is 10.6 Å². The normalized spacial score (nSPS) is 19.9. The van der Waals surface area contributed by atoms with Gasteiger partial charge in [-0.3, -0.25) is 4.79 Å². The Morgan fingerprint density at radius 2 is 1.68 bits per heavy atom. The number of anilines is 1. The monoisotopic (exact) mass is 410 g/mol. The van der Waals surface area contributed by atoms with Crippen LogP contribution in [-0.2, 0) is 16.6 Å². The predicted molar refractivity (Wildman–Crippen MR) is 107 cm³/mol. The molecule has 1 aromatic rings. The molecular formula is C18H30N6O3S. The Balaban J connectivity index is 1.70. The van der Waals surface area contributed by atoms with Gasteiger partial charge >= 0.3 is 0 Å². The highest BCUT2D eigenvalue weighted by atomic mass is 32.2. The highest BCUT2D eigenvalue weighted by Gasteiger charge is 2.33. The van der Waals surface area contributed by atoms with Crippen molar-refractivity contribution >= 4 is 22.1 Å². The minimum atomic E-state index is -3.44. The molecule has 0 atom stereocenters. The quantitative estimate of drug-likeness (QED) is 0.766. The first kappa shape index (κ1) is 20.9. The molecule has 2 N–H and O–H groups in total. The van der Waals surface area contributed by atoms with Crippen molar-refractivity contribution < 1.29 is 13.2 Å². The van der Waals surface area contributed by atoms with Crippen LogP contribution in [0, 0.1) is 5.92 Å². The molecule has 2 fully saturated rings. The van der Waals surface area contributed by atoms with Crippen LogP contribution in [0.5, 0.6) is 0 Å². The van der Waals surface area contributed by atoms with Gasteiger partial charge in [-0.15, -0.1) is 0 Å². The molecule has 10 heteroatoms. The van der Waals surface area contributed by atoms with E-state index in [0.29, 0.717) is 51.6 Å². The van der Waals surface area contributed by atoms with Gasteiger partial charge in [0.2, 0.25) is 5.95 Å². The minimum absolute atomic E-state index is 0.0922. The van der Waals surface area contributed by atoms with E-state index >= 15 is 0 Å². The van der Waals surface area contributed by atoms with Gasteiger partial charge in [0.25, 0.3) is 16.1 Å². The lowest BCUT2D eigenvalue weighted by Crippen LogP contribution is -2.44. The van der Waals surface area contributed by atoms with Crippen molar-refractivity contribution in [3.8, 4) is 0 Å². The Labute approximate surface area is 167 Å². The molecule has 0 spiro atoms. The highest BCUT2D eigenvalue weighted by molar-refractivity contribution is 7.86. The van der Waals surface area contributed by atoms with E-state index in [1.54, 1.807) is 15.3 Å². The molecule has 2 aliphatic heterocycles. The second kappa shape index (κ2) is 8.71. The van der Waals surface area contributed by atoms with Crippen LogP contribution in [0.15, 0.2) is 6.07 Å². The van der Waals surface area contributed by atoms with E-state index < -0.39 is 10.2 Å². The maximum absolute atomic E-state index is 13.0. The van der Waals surface area contributed by atoms with Crippen molar-refractivity contribution in [2.45, 2.75) is 39.5 Å². The lowest BCUT2D eigenvalue weighted by Gasteiger charge is -2.26. The molecule has 1 amide bonds. The maximum Gasteiger partial charge on any atom is 0.282 e. The maximum atomic E-state index is 13.0. The number of nitrogen functional groups attached to an aromatic ring is 1. The molecule has 0 aliphatic carbocycles. The fourth-order valence-electron chi connectivity index (χ4n) is 3.72. The number of nitrogens with two attached hydrogens (primary N) is 1. The number of carbonyl (C=O) groups excluding carboxylic acids is 1. The largest absolute Gasteiger partial charge is 0.368 e. The number of carbonyl (C=O) groups is 1. The van der Waals surface area contributed by atoms with Gasteiger partial charge in [-0.05, 0) is 37.7 Å². The SMILES string of the molecule is CC(C)Cc1cc(C(=O)N2CCCN(S(=O)(=O)N3CCCC3)CC2)nc(N)n1. The summed E-state index contributed by atoms with van der Waals surface area (Å²) in [7, 11) is -3.44. The number of nitrogens with zero attached hydrogens (tertiary/aromatic N) is 5. The number of hydrogen-bond donors (Lipinski definition) is 1. The smallest absolute Gasteiger partial charge is 0.282 e. The van der Waals surface area contributed by atoms with Crippen molar-refractivity contribution in [1.29, 1.82) is 0 Å². The standard InChI is InChI=1S/C18H30N6O3S/c1-14(2)12-15-13-16(21-18(19)20-15)17(25)22-6-5-9-24(11-10-22)28(26,27)23-7-3-4-8-23/h13-14H,3-12H2,1-2H3,(H2,19,20,21). The Morgan fingerprint density at radius 1 is 1.04 bits per heavy atom. The van der Waals surface area contributed by atoms with Gasteiger partial charge in [0.1, 0.15) is 5.69 Å². The van der Waals surface area contributed by atoms with Gasteiger partial charge in [0.15, 0.2) is 0 Å². The average molecular weight is 411 g/mol. The average Bonchev–Trinajstić information content (AvgIpc) is 3.05. The third-order valence-electron chi connectivity index (χ3n) is 5.09. The molecule has 0 saturated carbocycles. The zero-order valence-electron chi connectivity index (χ0n) is 16.7. The molecule has 1 aromatic heterocycles. The van der Waals surface area contributed by atoms with E-state index in [4.69, 9.17) is 5.73 Å². The van der Waals surface area contributed by atoms with E-state index in [1.165, 1.54) is 4.31 Å². The van der Waals surface area contributed by atoms with Crippen LogP contribution in [-0.4, -0.2) is 77.1 Å². The van der Waals surface area contributed by atoms with Crippen molar-refractivity contribution in [1.82, 2.24) is 23.5 Å². The zero-order valence-corrected chi connectivity index (χ0v) is 17.5. The fourth-order valence-corrected chi connectivity index (χ4v) is 5.44. The van der Waals surface area contributed by atoms with Crippen molar-refractivity contribution in [3.05, 3.63) is 17.5 Å². The van der Waals surface area contributed by atoms with Gasteiger partial charge in [0.05, 0.1) is 0 Å². The highest BCUT2D eigenvalue weighted by Crippen LogP contribution is 2.19. The number of rotatable bonds is 5. The first-order valence-corrected chi connectivity index (χ1v) is 11.3. The summed E-state index contributed by atoms with van der Waals surface area (Å²) >= 11 is 0. The molecule has 3 rings (SSSR count). The third kappa shape index (κ3) is 4.79. The first-order valence-electron chi connectivity index (χ1n) is 9.95. The van der Waals surface area contributed by atoms with Crippen LogP contribution in [0.1, 0.15) is 49.3 Å². The van der Waals surface area contributed by atoms with Crippen LogP contribution in [0.25, 0.3) is 0 Å². The molecular weight excluding hydrogens is 380 g/mol. The Kier molecular flexibility index (Phi) is 6.51. The molecule has 28 heavy (non-hydrogen) atoms. The van der Waals surface area contributed by atoms with Gasteiger partial charge in [-0.2, -0.15) is 17.0 Å². The summed E-state index contributed by atoms with van der Waals surface area (Å²) in [6.45, 7) is 6.87. The van der Waals surface area contributed by atoms with E-state index in [9.17, 15) is 13.2 Å². The molecule has 0 bridgehead atoms. The van der Waals surface area contributed by atoms with E-state index in [0.717, 1.165) is 25.0 Å². The number of amides is 1. The number of hydrogen-bond acceptors (Lipinski definition) is 6. The van der Waals surface area contributed by atoms with Gasteiger partial charge in [0, 0.05) is 45.0 Å². The molecule has 3 heterocycles. The third-order valence-corrected chi connectivity index (χ3v) is 7.13. The summed E-state index contributed by atoms with van der Waals surface area (Å²) in [5, 5.41) is 0. The predicted octanol–water partition coefficient (Wildman–Crippen LogP) is 0.746.